The summed E-state index contributed by atoms with van der Waals surface area (Å²) in [5.41, 5.74) is 4.92. The van der Waals surface area contributed by atoms with Crippen molar-refractivity contribution in [2.45, 2.75) is 26.2 Å². The van der Waals surface area contributed by atoms with E-state index in [1.165, 1.54) is 6.07 Å². The van der Waals surface area contributed by atoms with Gasteiger partial charge in [-0.15, -0.1) is 0 Å². The quantitative estimate of drug-likeness (QED) is 0.478. The molecule has 0 saturated heterocycles. The fourth-order valence-electron chi connectivity index (χ4n) is 3.32. The van der Waals surface area contributed by atoms with E-state index in [4.69, 9.17) is 0 Å². The van der Waals surface area contributed by atoms with Crippen LogP contribution in [0.2, 0.25) is 0 Å². The van der Waals surface area contributed by atoms with Crippen LogP contribution in [-0.4, -0.2) is 14.5 Å². The minimum absolute atomic E-state index is 0.123. The molecule has 4 rings (SSSR count). The molecule has 4 heteroatoms. The molecule has 0 fully saturated rings. The molecule has 0 aliphatic rings. The number of hydrogen-bond acceptors (Lipinski definition) is 2. The summed E-state index contributed by atoms with van der Waals surface area (Å²) in [6.45, 7) is 6.47. The Morgan fingerprint density at radius 3 is 2.46 bits per heavy atom. The zero-order chi connectivity index (χ0) is 18.3. The van der Waals surface area contributed by atoms with E-state index in [0.717, 1.165) is 27.8 Å². The lowest BCUT2D eigenvalue weighted by molar-refractivity contribution is 0.586. The molecule has 2 aromatic carbocycles. The Balaban J connectivity index is 2.11. The number of aromatic nitrogens is 3. The topological polar surface area (TPSA) is 30.7 Å². The van der Waals surface area contributed by atoms with E-state index in [-0.39, 0.29) is 11.2 Å². The summed E-state index contributed by atoms with van der Waals surface area (Å²) in [5, 5.41) is 0. The van der Waals surface area contributed by atoms with Crippen LogP contribution < -0.4 is 0 Å². The van der Waals surface area contributed by atoms with Gasteiger partial charge in [0.05, 0.1) is 16.7 Å². The lowest BCUT2D eigenvalue weighted by Crippen LogP contribution is -2.16. The molecular formula is C22H20FN3. The summed E-state index contributed by atoms with van der Waals surface area (Å²) >= 11 is 0. The monoisotopic (exact) mass is 345 g/mol. The normalized spacial score (nSPS) is 11.8. The van der Waals surface area contributed by atoms with E-state index in [2.05, 4.69) is 36.8 Å². The van der Waals surface area contributed by atoms with Crippen LogP contribution >= 0.6 is 0 Å². The molecule has 0 amide bonds. The van der Waals surface area contributed by atoms with Crippen molar-refractivity contribution in [1.29, 1.82) is 0 Å². The van der Waals surface area contributed by atoms with E-state index in [9.17, 15) is 4.39 Å². The highest BCUT2D eigenvalue weighted by molar-refractivity contribution is 5.82. The largest absolute Gasteiger partial charge is 0.298 e. The number of pyridine rings is 1. The van der Waals surface area contributed by atoms with Crippen LogP contribution in [0.3, 0.4) is 0 Å². The molecule has 0 N–H and O–H groups in total. The Morgan fingerprint density at radius 1 is 0.885 bits per heavy atom. The molecule has 0 aliphatic carbocycles. The number of para-hydroxylation sites is 3. The van der Waals surface area contributed by atoms with E-state index in [1.54, 1.807) is 18.6 Å². The van der Waals surface area contributed by atoms with E-state index in [1.807, 2.05) is 41.0 Å². The first-order valence-electron chi connectivity index (χ1n) is 8.63. The van der Waals surface area contributed by atoms with E-state index < -0.39 is 0 Å². The third kappa shape index (κ3) is 2.68. The molecule has 2 aromatic heterocycles. The first kappa shape index (κ1) is 16.5. The number of hydrogen-bond donors (Lipinski definition) is 0. The molecule has 0 saturated carbocycles. The summed E-state index contributed by atoms with van der Waals surface area (Å²) in [4.78, 5) is 8.84. The van der Waals surface area contributed by atoms with Gasteiger partial charge in [0.2, 0.25) is 0 Å². The zero-order valence-corrected chi connectivity index (χ0v) is 15.1. The molecule has 0 spiro atoms. The molecule has 2 heterocycles. The summed E-state index contributed by atoms with van der Waals surface area (Å²) in [6, 6.07) is 17.0. The van der Waals surface area contributed by atoms with Crippen molar-refractivity contribution in [3.05, 3.63) is 78.5 Å². The third-order valence-corrected chi connectivity index (χ3v) is 4.55. The Morgan fingerprint density at radius 2 is 1.69 bits per heavy atom. The molecule has 0 radical (unpaired) electrons. The molecule has 4 aromatic rings. The second kappa shape index (κ2) is 6.06. The highest BCUT2D eigenvalue weighted by Crippen LogP contribution is 2.37. The molecule has 0 aliphatic heterocycles. The van der Waals surface area contributed by atoms with Gasteiger partial charge < -0.3 is 0 Å². The second-order valence-corrected chi connectivity index (χ2v) is 7.39. The van der Waals surface area contributed by atoms with Gasteiger partial charge in [-0.1, -0.05) is 51.1 Å². The van der Waals surface area contributed by atoms with Crippen molar-refractivity contribution < 1.29 is 4.39 Å². The maximum Gasteiger partial charge on any atom is 0.149 e. The van der Waals surface area contributed by atoms with Crippen LogP contribution in [0.15, 0.2) is 67.1 Å². The van der Waals surface area contributed by atoms with Crippen molar-refractivity contribution in [2.24, 2.45) is 0 Å². The van der Waals surface area contributed by atoms with Gasteiger partial charge in [0.25, 0.3) is 0 Å². The van der Waals surface area contributed by atoms with Gasteiger partial charge >= 0.3 is 0 Å². The van der Waals surface area contributed by atoms with Crippen molar-refractivity contribution in [3.63, 3.8) is 0 Å². The third-order valence-electron chi connectivity index (χ3n) is 4.55. The lowest BCUT2D eigenvalue weighted by Gasteiger charge is -2.25. The average Bonchev–Trinajstić information content (AvgIpc) is 3.05. The van der Waals surface area contributed by atoms with Gasteiger partial charge in [0.1, 0.15) is 17.8 Å². The Kier molecular flexibility index (Phi) is 3.83. The Bertz CT molecular complexity index is 1090. The highest BCUT2D eigenvalue weighted by atomic mass is 19.1. The van der Waals surface area contributed by atoms with Crippen LogP contribution in [0.5, 0.6) is 0 Å². The van der Waals surface area contributed by atoms with Crippen LogP contribution in [0.4, 0.5) is 4.39 Å². The number of halogens is 1. The van der Waals surface area contributed by atoms with E-state index in [0.29, 0.717) is 5.69 Å². The standard InChI is InChI=1S/C22H20FN3/c1-22(2,3)16-9-6-8-15(20-17(23)10-7-13-24-20)21(16)26-14-25-18-11-4-5-12-19(18)26/h4-14H,1-3H3. The first-order chi connectivity index (χ1) is 12.5. The fourth-order valence-corrected chi connectivity index (χ4v) is 3.32. The lowest BCUT2D eigenvalue weighted by atomic mass is 9.84. The second-order valence-electron chi connectivity index (χ2n) is 7.39. The van der Waals surface area contributed by atoms with E-state index >= 15 is 0 Å². The number of fused-ring (bicyclic) bond motifs is 1. The minimum atomic E-state index is -0.329. The molecule has 3 nitrogen and oxygen atoms in total. The smallest absolute Gasteiger partial charge is 0.149 e. The molecule has 26 heavy (non-hydrogen) atoms. The van der Waals surface area contributed by atoms with Crippen LogP contribution in [0.1, 0.15) is 26.3 Å². The summed E-state index contributed by atoms with van der Waals surface area (Å²) in [5.74, 6) is -0.329. The Labute approximate surface area is 152 Å². The van der Waals surface area contributed by atoms with Crippen LogP contribution in [0, 0.1) is 5.82 Å². The SMILES string of the molecule is CC(C)(C)c1cccc(-c2ncccc2F)c1-n1cnc2ccccc21. The number of nitrogens with zero attached hydrogens (tertiary/aromatic N) is 3. The predicted molar refractivity (Wildman–Crippen MR) is 103 cm³/mol. The van der Waals surface area contributed by atoms with Gasteiger partial charge in [-0.3, -0.25) is 9.55 Å². The van der Waals surface area contributed by atoms with Gasteiger partial charge in [0.15, 0.2) is 0 Å². The summed E-state index contributed by atoms with van der Waals surface area (Å²) in [6.07, 6.45) is 3.43. The fraction of sp³-hybridized carbons (Fsp3) is 0.182. The molecule has 0 atom stereocenters. The highest BCUT2D eigenvalue weighted by Gasteiger charge is 2.24. The predicted octanol–water partition coefficient (Wildman–Crippen LogP) is 5.52. The van der Waals surface area contributed by atoms with Crippen LogP contribution in [-0.2, 0) is 5.41 Å². The van der Waals surface area contributed by atoms with Gasteiger partial charge in [-0.2, -0.15) is 0 Å². The van der Waals surface area contributed by atoms with Crippen molar-refractivity contribution >= 4 is 11.0 Å². The summed E-state index contributed by atoms with van der Waals surface area (Å²) < 4.78 is 16.6. The summed E-state index contributed by atoms with van der Waals surface area (Å²) in [7, 11) is 0. The van der Waals surface area contributed by atoms with Crippen LogP contribution in [0.25, 0.3) is 28.0 Å². The van der Waals surface area contributed by atoms with Crippen molar-refractivity contribution in [1.82, 2.24) is 14.5 Å². The zero-order valence-electron chi connectivity index (χ0n) is 15.1. The molecular weight excluding hydrogens is 325 g/mol. The molecule has 130 valence electrons. The number of imidazole rings is 1. The first-order valence-corrected chi connectivity index (χ1v) is 8.63. The van der Waals surface area contributed by atoms with Gasteiger partial charge in [-0.25, -0.2) is 9.37 Å². The van der Waals surface area contributed by atoms with Crippen molar-refractivity contribution in [2.75, 3.05) is 0 Å². The number of rotatable bonds is 2. The minimum Gasteiger partial charge on any atom is -0.298 e. The van der Waals surface area contributed by atoms with Gasteiger partial charge in [-0.05, 0) is 35.2 Å². The molecule has 0 unspecified atom stereocenters. The Hall–Kier alpha value is -3.01. The number of benzene rings is 2. The van der Waals surface area contributed by atoms with Crippen molar-refractivity contribution in [3.8, 4) is 16.9 Å². The maximum absolute atomic E-state index is 14.6. The average molecular weight is 345 g/mol. The maximum atomic E-state index is 14.6. The molecule has 0 bridgehead atoms. The van der Waals surface area contributed by atoms with Gasteiger partial charge in [0, 0.05) is 11.8 Å².